The summed E-state index contributed by atoms with van der Waals surface area (Å²) in [6.45, 7) is 5.88. The monoisotopic (exact) mass is 417 g/mol. The Morgan fingerprint density at radius 1 is 1.15 bits per heavy atom. The fraction of sp³-hybridized carbons (Fsp3) is 0.350. The maximum Gasteiger partial charge on any atom is 0.238 e. The van der Waals surface area contributed by atoms with Gasteiger partial charge in [0, 0.05) is 30.7 Å². The van der Waals surface area contributed by atoms with Gasteiger partial charge in [-0.2, -0.15) is 0 Å². The van der Waals surface area contributed by atoms with Gasteiger partial charge in [-0.25, -0.2) is 0 Å². The van der Waals surface area contributed by atoms with Gasteiger partial charge in [0.1, 0.15) is 5.75 Å². The summed E-state index contributed by atoms with van der Waals surface area (Å²) < 4.78 is 6.36. The number of anilines is 2. The molecule has 0 bridgehead atoms. The quantitative estimate of drug-likeness (QED) is 0.807. The maximum absolute atomic E-state index is 12.4. The lowest BCUT2D eigenvalue weighted by Crippen LogP contribution is -2.48. The van der Waals surface area contributed by atoms with Crippen LogP contribution in [0.1, 0.15) is 5.56 Å². The van der Waals surface area contributed by atoms with E-state index in [1.807, 2.05) is 43.3 Å². The first-order valence-corrected chi connectivity index (χ1v) is 9.52. The number of para-hydroxylation sites is 2. The Labute approximate surface area is 163 Å². The molecule has 1 heterocycles. The number of hydrogen-bond donors (Lipinski definition) is 1. The highest BCUT2D eigenvalue weighted by molar-refractivity contribution is 9.10. The largest absolute Gasteiger partial charge is 0.495 e. The first-order valence-electron chi connectivity index (χ1n) is 8.73. The molecule has 1 aliphatic heterocycles. The third-order valence-corrected chi connectivity index (χ3v) is 5.22. The molecular weight excluding hydrogens is 394 g/mol. The minimum atomic E-state index is 0.0142. The molecule has 0 atom stereocenters. The number of rotatable bonds is 5. The van der Waals surface area contributed by atoms with Gasteiger partial charge in [-0.1, -0.05) is 18.2 Å². The molecule has 26 heavy (non-hydrogen) atoms. The number of halogens is 1. The third-order valence-electron chi connectivity index (χ3n) is 4.56. The number of aryl methyl sites for hydroxylation is 1. The second-order valence-corrected chi connectivity index (χ2v) is 7.32. The summed E-state index contributed by atoms with van der Waals surface area (Å²) in [5.41, 5.74) is 3.08. The zero-order valence-electron chi connectivity index (χ0n) is 15.2. The molecule has 0 saturated carbocycles. The van der Waals surface area contributed by atoms with Gasteiger partial charge in [0.05, 0.1) is 25.0 Å². The van der Waals surface area contributed by atoms with Crippen LogP contribution in [0.5, 0.6) is 5.75 Å². The summed E-state index contributed by atoms with van der Waals surface area (Å²) in [5, 5.41) is 2.98. The van der Waals surface area contributed by atoms with Gasteiger partial charge in [0.25, 0.3) is 0 Å². The average molecular weight is 418 g/mol. The Bertz CT molecular complexity index is 773. The van der Waals surface area contributed by atoms with Crippen LogP contribution in [-0.2, 0) is 4.79 Å². The molecule has 0 aromatic heterocycles. The molecule has 1 saturated heterocycles. The number of carbonyl (C=O) groups excluding carboxylic acids is 1. The molecule has 5 nitrogen and oxygen atoms in total. The Hall–Kier alpha value is -2.05. The fourth-order valence-corrected chi connectivity index (χ4v) is 3.74. The van der Waals surface area contributed by atoms with Crippen LogP contribution in [0.4, 0.5) is 11.4 Å². The molecule has 2 aromatic rings. The molecule has 0 aliphatic carbocycles. The number of nitrogens with one attached hydrogen (secondary N) is 1. The number of hydrogen-bond acceptors (Lipinski definition) is 4. The molecule has 3 rings (SSSR count). The molecule has 2 aromatic carbocycles. The lowest BCUT2D eigenvalue weighted by molar-refractivity contribution is -0.117. The van der Waals surface area contributed by atoms with Crippen LogP contribution in [-0.4, -0.2) is 50.6 Å². The SMILES string of the molecule is COc1ccccc1N1CCN(CC(=O)Nc2ccc(C)cc2Br)CC1. The van der Waals surface area contributed by atoms with Crippen molar-refractivity contribution in [2.75, 3.05) is 50.1 Å². The molecule has 138 valence electrons. The van der Waals surface area contributed by atoms with Crippen LogP contribution in [0.15, 0.2) is 46.9 Å². The van der Waals surface area contributed by atoms with E-state index in [0.717, 1.165) is 53.3 Å². The van der Waals surface area contributed by atoms with E-state index < -0.39 is 0 Å². The topological polar surface area (TPSA) is 44.8 Å². The number of methoxy groups -OCH3 is 1. The highest BCUT2D eigenvalue weighted by Crippen LogP contribution is 2.28. The van der Waals surface area contributed by atoms with Crippen molar-refractivity contribution in [3.63, 3.8) is 0 Å². The van der Waals surface area contributed by atoms with Crippen molar-refractivity contribution < 1.29 is 9.53 Å². The predicted molar refractivity (Wildman–Crippen MR) is 109 cm³/mol. The number of amides is 1. The lowest BCUT2D eigenvalue weighted by Gasteiger charge is -2.36. The molecule has 1 aliphatic rings. The number of carbonyl (C=O) groups is 1. The van der Waals surface area contributed by atoms with Crippen LogP contribution in [0.25, 0.3) is 0 Å². The third kappa shape index (κ3) is 4.56. The van der Waals surface area contributed by atoms with E-state index in [1.54, 1.807) is 7.11 Å². The second kappa shape index (κ2) is 8.56. The molecule has 0 spiro atoms. The van der Waals surface area contributed by atoms with Crippen molar-refractivity contribution >= 4 is 33.2 Å². The Morgan fingerprint density at radius 3 is 2.58 bits per heavy atom. The standard InChI is InChI=1S/C20H24BrN3O2/c1-15-7-8-17(16(21)13-15)22-20(25)14-23-9-11-24(12-10-23)18-5-3-4-6-19(18)26-2/h3-8,13H,9-12,14H2,1-2H3,(H,22,25). The molecular formula is C20H24BrN3O2. The molecule has 1 fully saturated rings. The van der Waals surface area contributed by atoms with Crippen molar-refractivity contribution in [3.05, 3.63) is 52.5 Å². The van der Waals surface area contributed by atoms with Crippen LogP contribution in [0.3, 0.4) is 0 Å². The summed E-state index contributed by atoms with van der Waals surface area (Å²) in [6, 6.07) is 14.0. The minimum absolute atomic E-state index is 0.0142. The summed E-state index contributed by atoms with van der Waals surface area (Å²) >= 11 is 3.50. The minimum Gasteiger partial charge on any atom is -0.495 e. The van der Waals surface area contributed by atoms with Gasteiger partial charge >= 0.3 is 0 Å². The highest BCUT2D eigenvalue weighted by atomic mass is 79.9. The van der Waals surface area contributed by atoms with Crippen molar-refractivity contribution in [1.29, 1.82) is 0 Å². The molecule has 0 unspecified atom stereocenters. The number of ether oxygens (including phenoxy) is 1. The predicted octanol–water partition coefficient (Wildman–Crippen LogP) is 3.53. The van der Waals surface area contributed by atoms with Gasteiger partial charge in [0.2, 0.25) is 5.91 Å². The number of piperazine rings is 1. The Kier molecular flexibility index (Phi) is 6.16. The lowest BCUT2D eigenvalue weighted by atomic mass is 10.2. The first-order chi connectivity index (χ1) is 12.6. The average Bonchev–Trinajstić information content (AvgIpc) is 2.64. The van der Waals surface area contributed by atoms with Gasteiger partial charge in [-0.05, 0) is 52.7 Å². The van der Waals surface area contributed by atoms with E-state index >= 15 is 0 Å². The van der Waals surface area contributed by atoms with Gasteiger partial charge < -0.3 is 15.0 Å². The summed E-state index contributed by atoms with van der Waals surface area (Å²) in [4.78, 5) is 16.9. The van der Waals surface area contributed by atoms with Crippen LogP contribution in [0.2, 0.25) is 0 Å². The van der Waals surface area contributed by atoms with Gasteiger partial charge in [-0.15, -0.1) is 0 Å². The highest BCUT2D eigenvalue weighted by Gasteiger charge is 2.21. The zero-order valence-corrected chi connectivity index (χ0v) is 16.8. The van der Waals surface area contributed by atoms with E-state index in [2.05, 4.69) is 37.1 Å². The van der Waals surface area contributed by atoms with Crippen molar-refractivity contribution in [2.24, 2.45) is 0 Å². The van der Waals surface area contributed by atoms with E-state index in [9.17, 15) is 4.79 Å². The fourth-order valence-electron chi connectivity index (χ4n) is 3.15. The summed E-state index contributed by atoms with van der Waals surface area (Å²) in [5.74, 6) is 0.906. The number of benzene rings is 2. The van der Waals surface area contributed by atoms with Crippen molar-refractivity contribution in [3.8, 4) is 5.75 Å². The normalized spacial score (nSPS) is 15.0. The van der Waals surface area contributed by atoms with E-state index in [4.69, 9.17) is 4.74 Å². The summed E-state index contributed by atoms with van der Waals surface area (Å²) in [7, 11) is 1.70. The zero-order chi connectivity index (χ0) is 18.5. The van der Waals surface area contributed by atoms with Crippen LogP contribution >= 0.6 is 15.9 Å². The van der Waals surface area contributed by atoms with Crippen LogP contribution in [0, 0.1) is 6.92 Å². The Morgan fingerprint density at radius 2 is 1.88 bits per heavy atom. The molecule has 1 N–H and O–H groups in total. The van der Waals surface area contributed by atoms with Crippen LogP contribution < -0.4 is 15.0 Å². The van der Waals surface area contributed by atoms with Gasteiger partial charge in [-0.3, -0.25) is 9.69 Å². The van der Waals surface area contributed by atoms with E-state index in [0.29, 0.717) is 6.54 Å². The van der Waals surface area contributed by atoms with Gasteiger partial charge in [0.15, 0.2) is 0 Å². The first kappa shape index (κ1) is 18.7. The second-order valence-electron chi connectivity index (χ2n) is 6.47. The van der Waals surface area contributed by atoms with Crippen molar-refractivity contribution in [1.82, 2.24) is 4.90 Å². The van der Waals surface area contributed by atoms with Crippen molar-refractivity contribution in [2.45, 2.75) is 6.92 Å². The van der Waals surface area contributed by atoms with E-state index in [-0.39, 0.29) is 5.91 Å². The molecule has 6 heteroatoms. The molecule has 0 radical (unpaired) electrons. The smallest absolute Gasteiger partial charge is 0.238 e. The van der Waals surface area contributed by atoms with E-state index in [1.165, 1.54) is 0 Å². The molecule has 1 amide bonds. The summed E-state index contributed by atoms with van der Waals surface area (Å²) in [6.07, 6.45) is 0. The number of nitrogens with zero attached hydrogens (tertiary/aromatic N) is 2. The Balaban J connectivity index is 1.53. The maximum atomic E-state index is 12.4.